The van der Waals surface area contributed by atoms with E-state index in [0.29, 0.717) is 17.9 Å². The largest absolute Gasteiger partial charge is 0.487 e. The number of hydrogen-bond donors (Lipinski definition) is 1. The second-order valence-corrected chi connectivity index (χ2v) is 11.3. The third-order valence-corrected chi connectivity index (χ3v) is 8.10. The Balaban J connectivity index is 2.09. The number of aliphatic hydroxyl groups is 1. The minimum Gasteiger partial charge on any atom is -0.487 e. The maximum atomic E-state index is 13.6. The van der Waals surface area contributed by atoms with Crippen LogP contribution in [0.1, 0.15) is 24.2 Å². The first-order valence-electron chi connectivity index (χ1n) is 11.4. The number of likely N-dealkylation sites (N-methyl/N-ethyl adjacent to an activating group) is 1. The van der Waals surface area contributed by atoms with Gasteiger partial charge in [-0.1, -0.05) is 25.1 Å². The van der Waals surface area contributed by atoms with Gasteiger partial charge in [0, 0.05) is 44.7 Å². The van der Waals surface area contributed by atoms with E-state index in [0.717, 1.165) is 11.1 Å². The lowest BCUT2D eigenvalue weighted by atomic mass is 10.0. The molecule has 1 amide bonds. The summed E-state index contributed by atoms with van der Waals surface area (Å²) in [6.45, 7) is 4.28. The zero-order valence-corrected chi connectivity index (χ0v) is 21.5. The molecule has 0 spiro atoms. The summed E-state index contributed by atoms with van der Waals surface area (Å²) in [5.41, 5.74) is 2.21. The quantitative estimate of drug-likeness (QED) is 0.670. The maximum absolute atomic E-state index is 13.6. The van der Waals surface area contributed by atoms with Gasteiger partial charge >= 0.3 is 0 Å². The lowest BCUT2D eigenvalue weighted by Gasteiger charge is -2.37. The summed E-state index contributed by atoms with van der Waals surface area (Å²) in [6, 6.07) is 11.7. The summed E-state index contributed by atoms with van der Waals surface area (Å²) < 4.78 is 34.9. The van der Waals surface area contributed by atoms with Crippen molar-refractivity contribution in [1.29, 1.82) is 0 Å². The van der Waals surface area contributed by atoms with Crippen molar-refractivity contribution >= 4 is 15.9 Å². The number of sulfonamides is 1. The summed E-state index contributed by atoms with van der Waals surface area (Å²) >= 11 is 0. The Hall–Kier alpha value is -2.46. The van der Waals surface area contributed by atoms with Gasteiger partial charge in [-0.05, 0) is 56.4 Å². The van der Waals surface area contributed by atoms with Crippen LogP contribution in [0.3, 0.4) is 0 Å². The number of carbonyl (C=O) groups is 1. The van der Waals surface area contributed by atoms with Crippen LogP contribution in [0.15, 0.2) is 47.4 Å². The molecule has 34 heavy (non-hydrogen) atoms. The van der Waals surface area contributed by atoms with Gasteiger partial charge in [0.05, 0.1) is 6.61 Å². The molecule has 0 saturated heterocycles. The second-order valence-electron chi connectivity index (χ2n) is 9.44. The Morgan fingerprint density at radius 2 is 1.74 bits per heavy atom. The van der Waals surface area contributed by atoms with Crippen LogP contribution >= 0.6 is 0 Å². The first-order chi connectivity index (χ1) is 15.9. The third-order valence-electron chi connectivity index (χ3n) is 6.08. The Labute approximate surface area is 202 Å². The predicted octanol–water partition coefficient (Wildman–Crippen LogP) is 2.39. The van der Waals surface area contributed by atoms with E-state index >= 15 is 0 Å². The molecule has 8 nitrogen and oxygen atoms in total. The molecule has 1 aliphatic heterocycles. The molecule has 0 unspecified atom stereocenters. The molecule has 0 bridgehead atoms. The van der Waals surface area contributed by atoms with E-state index in [-0.39, 0.29) is 36.0 Å². The number of ether oxygens (including phenoxy) is 1. The van der Waals surface area contributed by atoms with E-state index < -0.39 is 16.1 Å². The number of fused-ring (bicyclic) bond motifs is 1. The highest BCUT2D eigenvalue weighted by molar-refractivity contribution is 7.89. The van der Waals surface area contributed by atoms with Crippen molar-refractivity contribution in [2.75, 3.05) is 47.9 Å². The van der Waals surface area contributed by atoms with Gasteiger partial charge < -0.3 is 19.6 Å². The first-order valence-corrected chi connectivity index (χ1v) is 12.8. The SMILES string of the molecule is C[C@@H]1CN([C@H](C)CO)S(=O)(=O)c2ccc(-c3ccc(C(=O)N(C)C)cc3)cc2O[C@H]1CN(C)C. The zero-order chi connectivity index (χ0) is 25.2. The van der Waals surface area contributed by atoms with E-state index in [1.165, 1.54) is 9.21 Å². The number of benzene rings is 2. The van der Waals surface area contributed by atoms with Crippen molar-refractivity contribution < 1.29 is 23.1 Å². The Kier molecular flexibility index (Phi) is 8.02. The molecule has 2 aromatic carbocycles. The molecule has 0 saturated carbocycles. The summed E-state index contributed by atoms with van der Waals surface area (Å²) in [7, 11) is 3.43. The van der Waals surface area contributed by atoms with Crippen LogP contribution in [-0.2, 0) is 10.0 Å². The van der Waals surface area contributed by atoms with Crippen LogP contribution in [0, 0.1) is 5.92 Å². The van der Waals surface area contributed by atoms with Crippen LogP contribution in [-0.4, -0.2) is 93.6 Å². The fraction of sp³-hybridized carbons (Fsp3) is 0.480. The molecular weight excluding hydrogens is 454 g/mol. The average molecular weight is 490 g/mol. The standard InChI is InChI=1S/C25H35N3O5S/c1-17-14-28(18(2)16-29)34(31,32)24-12-11-21(13-22(24)33-23(17)15-26(3)4)19-7-9-20(10-8-19)25(30)27(5)6/h7-13,17-18,23,29H,14-16H2,1-6H3/t17-,18-,23+/m1/s1. The minimum atomic E-state index is -3.88. The monoisotopic (exact) mass is 489 g/mol. The van der Waals surface area contributed by atoms with Gasteiger partial charge in [-0.3, -0.25) is 4.79 Å². The summed E-state index contributed by atoms with van der Waals surface area (Å²) in [6.07, 6.45) is -0.243. The van der Waals surface area contributed by atoms with E-state index in [1.54, 1.807) is 51.4 Å². The number of aliphatic hydroxyl groups excluding tert-OH is 1. The lowest BCUT2D eigenvalue weighted by Crippen LogP contribution is -2.49. The van der Waals surface area contributed by atoms with E-state index in [1.807, 2.05) is 38.1 Å². The van der Waals surface area contributed by atoms with E-state index in [4.69, 9.17) is 4.74 Å². The van der Waals surface area contributed by atoms with Gasteiger partial charge in [0.15, 0.2) is 0 Å². The highest BCUT2D eigenvalue weighted by Gasteiger charge is 2.38. The first kappa shape index (κ1) is 26.2. The second kappa shape index (κ2) is 10.4. The molecule has 0 fully saturated rings. The number of nitrogens with zero attached hydrogens (tertiary/aromatic N) is 3. The number of amides is 1. The van der Waals surface area contributed by atoms with Crippen LogP contribution in [0.5, 0.6) is 5.75 Å². The average Bonchev–Trinajstić information content (AvgIpc) is 2.79. The highest BCUT2D eigenvalue weighted by atomic mass is 32.2. The molecule has 2 aromatic rings. The topological polar surface area (TPSA) is 90.4 Å². The molecule has 0 aromatic heterocycles. The normalized spacial score (nSPS) is 21.2. The molecule has 0 aliphatic carbocycles. The molecule has 9 heteroatoms. The van der Waals surface area contributed by atoms with Gasteiger partial charge in [-0.15, -0.1) is 0 Å². The van der Waals surface area contributed by atoms with Crippen molar-refractivity contribution in [3.63, 3.8) is 0 Å². The van der Waals surface area contributed by atoms with Gasteiger partial charge in [-0.25, -0.2) is 8.42 Å². The van der Waals surface area contributed by atoms with Crippen molar-refractivity contribution in [1.82, 2.24) is 14.1 Å². The fourth-order valence-corrected chi connectivity index (χ4v) is 5.87. The summed E-state index contributed by atoms with van der Waals surface area (Å²) in [5.74, 6) is 0.108. The van der Waals surface area contributed by atoms with Gasteiger partial charge in [0.2, 0.25) is 10.0 Å². The minimum absolute atomic E-state index is 0.0854. The van der Waals surface area contributed by atoms with Crippen molar-refractivity contribution in [2.24, 2.45) is 5.92 Å². The maximum Gasteiger partial charge on any atom is 0.253 e. The summed E-state index contributed by atoms with van der Waals surface area (Å²) in [5, 5.41) is 9.74. The van der Waals surface area contributed by atoms with Gasteiger partial charge in [0.25, 0.3) is 5.91 Å². The van der Waals surface area contributed by atoms with Crippen LogP contribution < -0.4 is 4.74 Å². The van der Waals surface area contributed by atoms with Crippen molar-refractivity contribution in [3.8, 4) is 16.9 Å². The molecule has 0 radical (unpaired) electrons. The molecule has 3 rings (SSSR count). The number of rotatable bonds is 6. The molecule has 1 N–H and O–H groups in total. The highest BCUT2D eigenvalue weighted by Crippen LogP contribution is 2.36. The predicted molar refractivity (Wildman–Crippen MR) is 132 cm³/mol. The molecule has 1 heterocycles. The van der Waals surface area contributed by atoms with Crippen molar-refractivity contribution in [3.05, 3.63) is 48.0 Å². The third kappa shape index (κ3) is 5.43. The Bertz CT molecular complexity index is 1120. The van der Waals surface area contributed by atoms with Crippen molar-refractivity contribution in [2.45, 2.75) is 30.9 Å². The lowest BCUT2D eigenvalue weighted by molar-refractivity contribution is 0.0812. The molecule has 1 aliphatic rings. The molecule has 3 atom stereocenters. The van der Waals surface area contributed by atoms with Gasteiger partial charge in [-0.2, -0.15) is 4.31 Å². The summed E-state index contributed by atoms with van der Waals surface area (Å²) in [4.78, 5) is 15.8. The number of carbonyl (C=O) groups excluding carboxylic acids is 1. The Morgan fingerprint density at radius 1 is 1.12 bits per heavy atom. The fourth-order valence-electron chi connectivity index (χ4n) is 4.05. The van der Waals surface area contributed by atoms with Crippen LogP contribution in [0.2, 0.25) is 0 Å². The van der Waals surface area contributed by atoms with E-state index in [2.05, 4.69) is 0 Å². The number of hydrogen-bond acceptors (Lipinski definition) is 6. The zero-order valence-electron chi connectivity index (χ0n) is 20.7. The van der Waals surface area contributed by atoms with Crippen LogP contribution in [0.25, 0.3) is 11.1 Å². The molecular formula is C25H35N3O5S. The molecule has 186 valence electrons. The van der Waals surface area contributed by atoms with Crippen LogP contribution in [0.4, 0.5) is 0 Å². The van der Waals surface area contributed by atoms with E-state index in [9.17, 15) is 18.3 Å². The Morgan fingerprint density at radius 3 is 2.29 bits per heavy atom. The smallest absolute Gasteiger partial charge is 0.253 e. The van der Waals surface area contributed by atoms with Gasteiger partial charge in [0.1, 0.15) is 16.7 Å².